The number of aromatic nitrogens is 1. The Morgan fingerprint density at radius 2 is 1.85 bits per heavy atom. The Hall–Kier alpha value is -2.36. The van der Waals surface area contributed by atoms with E-state index in [1.165, 1.54) is 22.3 Å². The summed E-state index contributed by atoms with van der Waals surface area (Å²) in [7, 11) is 0. The van der Waals surface area contributed by atoms with Crippen LogP contribution >= 0.6 is 0 Å². The second-order valence-electron chi connectivity index (χ2n) is 9.17. The van der Waals surface area contributed by atoms with Crippen LogP contribution in [0.3, 0.4) is 0 Å². The van der Waals surface area contributed by atoms with E-state index in [-0.39, 0.29) is 11.5 Å². The number of carbonyl (C=O) groups excluding carboxylic acids is 1. The molecule has 3 rings (SSSR count). The molecule has 0 spiro atoms. The summed E-state index contributed by atoms with van der Waals surface area (Å²) in [4.78, 5) is 18.7. The Morgan fingerprint density at radius 1 is 1.15 bits per heavy atom. The molecule has 0 saturated heterocycles. The molecule has 0 atom stereocenters. The van der Waals surface area contributed by atoms with Gasteiger partial charge in [-0.1, -0.05) is 32.0 Å². The molecule has 144 valence electrons. The lowest BCUT2D eigenvalue weighted by Gasteiger charge is -2.25. The standard InChI is InChI=1S/C23H30N2O2/c1-16-11-18(14-24-13-16)8-7-17-9-10-20-19(12-17)23(5,6)15-25(20)21(26)27-22(2,3)4/h9-14H,7-8,15H2,1-6H3. The summed E-state index contributed by atoms with van der Waals surface area (Å²) in [5.74, 6) is 0. The van der Waals surface area contributed by atoms with Gasteiger partial charge in [0.25, 0.3) is 0 Å². The molecule has 4 nitrogen and oxygen atoms in total. The Kier molecular flexibility index (Phi) is 5.02. The fourth-order valence-corrected chi connectivity index (χ4v) is 3.60. The molecule has 0 unspecified atom stereocenters. The zero-order chi connectivity index (χ0) is 19.8. The summed E-state index contributed by atoms with van der Waals surface area (Å²) in [6.45, 7) is 12.8. The van der Waals surface area contributed by atoms with Crippen LogP contribution in [0.4, 0.5) is 10.5 Å². The number of carbonyl (C=O) groups is 1. The molecule has 1 aromatic carbocycles. The maximum Gasteiger partial charge on any atom is 0.414 e. The number of rotatable bonds is 3. The number of ether oxygens (including phenoxy) is 1. The van der Waals surface area contributed by atoms with Crippen molar-refractivity contribution in [1.29, 1.82) is 0 Å². The summed E-state index contributed by atoms with van der Waals surface area (Å²) in [5.41, 5.74) is 5.33. The summed E-state index contributed by atoms with van der Waals surface area (Å²) in [5, 5.41) is 0. The molecule has 1 amide bonds. The largest absolute Gasteiger partial charge is 0.443 e. The van der Waals surface area contributed by atoms with Crippen molar-refractivity contribution in [2.45, 2.75) is 65.4 Å². The van der Waals surface area contributed by atoms with Crippen LogP contribution in [0.25, 0.3) is 0 Å². The minimum Gasteiger partial charge on any atom is -0.443 e. The SMILES string of the molecule is Cc1cncc(CCc2ccc3c(c2)C(C)(C)CN3C(=O)OC(C)(C)C)c1. The third-order valence-corrected chi connectivity index (χ3v) is 4.88. The number of benzene rings is 1. The van der Waals surface area contributed by atoms with E-state index in [1.807, 2.05) is 33.2 Å². The predicted octanol–water partition coefficient (Wildman–Crippen LogP) is 5.21. The molecule has 0 N–H and O–H groups in total. The maximum atomic E-state index is 12.6. The molecule has 0 aliphatic carbocycles. The van der Waals surface area contributed by atoms with Crippen LogP contribution in [-0.4, -0.2) is 23.2 Å². The molecular weight excluding hydrogens is 336 g/mol. The third kappa shape index (κ3) is 4.49. The first-order valence-corrected chi connectivity index (χ1v) is 9.60. The van der Waals surface area contributed by atoms with E-state index >= 15 is 0 Å². The highest BCUT2D eigenvalue weighted by Gasteiger charge is 2.39. The van der Waals surface area contributed by atoms with Crippen molar-refractivity contribution in [1.82, 2.24) is 4.98 Å². The van der Waals surface area contributed by atoms with Crippen molar-refractivity contribution >= 4 is 11.8 Å². The number of anilines is 1. The smallest absolute Gasteiger partial charge is 0.414 e. The summed E-state index contributed by atoms with van der Waals surface area (Å²) in [6, 6.07) is 8.64. The van der Waals surface area contributed by atoms with E-state index in [0.717, 1.165) is 18.5 Å². The lowest BCUT2D eigenvalue weighted by Crippen LogP contribution is -2.38. The topological polar surface area (TPSA) is 42.4 Å². The van der Waals surface area contributed by atoms with Crippen LogP contribution < -0.4 is 4.90 Å². The number of nitrogens with zero attached hydrogens (tertiary/aromatic N) is 2. The van der Waals surface area contributed by atoms with Crippen LogP contribution in [0.1, 0.15) is 56.9 Å². The molecule has 2 heterocycles. The Balaban J connectivity index is 1.80. The van der Waals surface area contributed by atoms with Gasteiger partial charge in [0.1, 0.15) is 5.60 Å². The van der Waals surface area contributed by atoms with Gasteiger partial charge in [-0.05, 0) is 68.9 Å². The number of pyridine rings is 1. The van der Waals surface area contributed by atoms with Crippen LogP contribution in [0.5, 0.6) is 0 Å². The molecule has 1 aromatic heterocycles. The summed E-state index contributed by atoms with van der Waals surface area (Å²) >= 11 is 0. The first kappa shape index (κ1) is 19.4. The van der Waals surface area contributed by atoms with Crippen LogP contribution in [0.15, 0.2) is 36.7 Å². The fourth-order valence-electron chi connectivity index (χ4n) is 3.60. The number of hydrogen-bond donors (Lipinski definition) is 0. The average Bonchev–Trinajstić information content (AvgIpc) is 2.83. The molecular formula is C23H30N2O2. The fraction of sp³-hybridized carbons (Fsp3) is 0.478. The second kappa shape index (κ2) is 6.99. The molecule has 1 aliphatic heterocycles. The molecule has 27 heavy (non-hydrogen) atoms. The van der Waals surface area contributed by atoms with Gasteiger partial charge in [0.05, 0.1) is 5.69 Å². The minimum absolute atomic E-state index is 0.0901. The molecule has 0 saturated carbocycles. The van der Waals surface area contributed by atoms with E-state index in [2.05, 4.69) is 50.0 Å². The minimum atomic E-state index is -0.494. The van der Waals surface area contributed by atoms with Crippen molar-refractivity contribution < 1.29 is 9.53 Å². The van der Waals surface area contributed by atoms with Crippen molar-refractivity contribution in [2.75, 3.05) is 11.4 Å². The van der Waals surface area contributed by atoms with Gasteiger partial charge in [-0.15, -0.1) is 0 Å². The highest BCUT2D eigenvalue weighted by atomic mass is 16.6. The molecule has 2 aromatic rings. The zero-order valence-corrected chi connectivity index (χ0v) is 17.3. The first-order valence-electron chi connectivity index (χ1n) is 9.60. The normalized spacial score (nSPS) is 15.6. The van der Waals surface area contributed by atoms with Gasteiger partial charge in [-0.25, -0.2) is 4.79 Å². The highest BCUT2D eigenvalue weighted by molar-refractivity contribution is 5.91. The predicted molar refractivity (Wildman–Crippen MR) is 109 cm³/mol. The molecule has 0 radical (unpaired) electrons. The maximum absolute atomic E-state index is 12.6. The van der Waals surface area contributed by atoms with Gasteiger partial charge in [-0.3, -0.25) is 9.88 Å². The van der Waals surface area contributed by atoms with E-state index in [1.54, 1.807) is 4.90 Å². The Labute approximate surface area is 162 Å². The summed E-state index contributed by atoms with van der Waals surface area (Å²) < 4.78 is 5.60. The number of fused-ring (bicyclic) bond motifs is 1. The van der Waals surface area contributed by atoms with Crippen molar-refractivity contribution in [3.05, 3.63) is 58.9 Å². The van der Waals surface area contributed by atoms with Crippen molar-refractivity contribution in [2.24, 2.45) is 0 Å². The lowest BCUT2D eigenvalue weighted by molar-refractivity contribution is 0.0579. The van der Waals surface area contributed by atoms with Crippen LogP contribution in [0.2, 0.25) is 0 Å². The van der Waals surface area contributed by atoms with E-state index < -0.39 is 5.60 Å². The summed E-state index contributed by atoms with van der Waals surface area (Å²) in [6.07, 6.45) is 5.47. The van der Waals surface area contributed by atoms with Gasteiger partial charge in [0, 0.05) is 24.4 Å². The molecule has 0 fully saturated rings. The number of amides is 1. The Bertz CT molecular complexity index is 850. The highest BCUT2D eigenvalue weighted by Crippen LogP contribution is 2.41. The Morgan fingerprint density at radius 3 is 2.52 bits per heavy atom. The van der Waals surface area contributed by atoms with E-state index in [4.69, 9.17) is 4.74 Å². The average molecular weight is 367 g/mol. The van der Waals surface area contributed by atoms with Crippen molar-refractivity contribution in [3.8, 4) is 0 Å². The molecule has 0 bridgehead atoms. The number of hydrogen-bond acceptors (Lipinski definition) is 3. The molecule has 4 heteroatoms. The van der Waals surface area contributed by atoms with Crippen LogP contribution in [0, 0.1) is 6.92 Å². The first-order chi connectivity index (χ1) is 12.5. The van der Waals surface area contributed by atoms with Crippen molar-refractivity contribution in [3.63, 3.8) is 0 Å². The van der Waals surface area contributed by atoms with E-state index in [9.17, 15) is 4.79 Å². The van der Waals surface area contributed by atoms with Gasteiger partial charge >= 0.3 is 6.09 Å². The molecule has 1 aliphatic rings. The zero-order valence-electron chi connectivity index (χ0n) is 17.3. The van der Waals surface area contributed by atoms with Gasteiger partial charge < -0.3 is 4.74 Å². The van der Waals surface area contributed by atoms with Gasteiger partial charge in [0.2, 0.25) is 0 Å². The van der Waals surface area contributed by atoms with Gasteiger partial charge in [-0.2, -0.15) is 0 Å². The monoisotopic (exact) mass is 366 g/mol. The van der Waals surface area contributed by atoms with Gasteiger partial charge in [0.15, 0.2) is 0 Å². The second-order valence-corrected chi connectivity index (χ2v) is 9.17. The number of aryl methyl sites for hydroxylation is 3. The van der Waals surface area contributed by atoms with Crippen LogP contribution in [-0.2, 0) is 23.0 Å². The lowest BCUT2D eigenvalue weighted by atomic mass is 9.85. The van der Waals surface area contributed by atoms with E-state index in [0.29, 0.717) is 6.54 Å². The quantitative estimate of drug-likeness (QED) is 0.749. The third-order valence-electron chi connectivity index (χ3n) is 4.88.